The number of rotatable bonds is 6. The van der Waals surface area contributed by atoms with Crippen molar-refractivity contribution >= 4 is 11.9 Å². The lowest BCUT2D eigenvalue weighted by Gasteiger charge is -2.23. The maximum Gasteiger partial charge on any atom is 0.305 e. The first-order chi connectivity index (χ1) is 10.9. The third-order valence-electron chi connectivity index (χ3n) is 3.88. The summed E-state index contributed by atoms with van der Waals surface area (Å²) in [5.41, 5.74) is 0.818. The summed E-state index contributed by atoms with van der Waals surface area (Å²) in [4.78, 5) is 24.7. The second-order valence-corrected chi connectivity index (χ2v) is 5.61. The number of carbonyl (C=O) groups is 2. The Morgan fingerprint density at radius 3 is 2.83 bits per heavy atom. The summed E-state index contributed by atoms with van der Waals surface area (Å²) in [7, 11) is 1.52. The van der Waals surface area contributed by atoms with Crippen molar-refractivity contribution in [1.29, 1.82) is 0 Å². The monoisotopic (exact) mass is 325 g/mol. The van der Waals surface area contributed by atoms with E-state index in [4.69, 9.17) is 14.6 Å². The molecule has 0 aliphatic carbocycles. The van der Waals surface area contributed by atoms with Crippen LogP contribution in [0, 0.1) is 12.7 Å². The van der Waals surface area contributed by atoms with E-state index >= 15 is 0 Å². The molecular formula is C16H20FNO5. The molecule has 2 atom stereocenters. The van der Waals surface area contributed by atoms with Gasteiger partial charge in [-0.3, -0.25) is 9.59 Å². The molecule has 1 aromatic carbocycles. The van der Waals surface area contributed by atoms with E-state index in [1.807, 2.05) is 0 Å². The molecule has 126 valence electrons. The van der Waals surface area contributed by atoms with Gasteiger partial charge in [0.1, 0.15) is 0 Å². The van der Waals surface area contributed by atoms with Gasteiger partial charge in [-0.25, -0.2) is 4.39 Å². The van der Waals surface area contributed by atoms with E-state index in [1.54, 1.807) is 13.0 Å². The van der Waals surface area contributed by atoms with Gasteiger partial charge < -0.3 is 19.5 Å². The van der Waals surface area contributed by atoms with Crippen molar-refractivity contribution in [3.05, 3.63) is 29.6 Å². The van der Waals surface area contributed by atoms with Gasteiger partial charge in [-0.15, -0.1) is 0 Å². The molecule has 23 heavy (non-hydrogen) atoms. The first-order valence-electron chi connectivity index (χ1n) is 7.33. The summed E-state index contributed by atoms with van der Waals surface area (Å²) in [6.07, 6.45) is 0.122. The Hall–Kier alpha value is -2.15. The zero-order valence-corrected chi connectivity index (χ0v) is 13.1. The predicted octanol–water partition coefficient (Wildman–Crippen LogP) is 1.60. The van der Waals surface area contributed by atoms with Crippen LogP contribution in [0.5, 0.6) is 5.75 Å². The molecule has 1 aromatic rings. The normalized spacial score (nSPS) is 20.6. The number of ether oxygens (including phenoxy) is 2. The summed E-state index contributed by atoms with van der Waals surface area (Å²) in [6.45, 7) is 1.76. The minimum absolute atomic E-state index is 0.00984. The lowest BCUT2D eigenvalue weighted by Crippen LogP contribution is -2.40. The number of carboxylic acids is 1. The minimum atomic E-state index is -0.977. The van der Waals surface area contributed by atoms with Gasteiger partial charge in [0.25, 0.3) is 5.91 Å². The quantitative estimate of drug-likeness (QED) is 0.860. The largest absolute Gasteiger partial charge is 0.481 e. The highest BCUT2D eigenvalue weighted by molar-refractivity contribution is 5.79. The third-order valence-corrected chi connectivity index (χ3v) is 3.88. The Morgan fingerprint density at radius 1 is 1.43 bits per heavy atom. The molecule has 0 unspecified atom stereocenters. The number of halogens is 1. The predicted molar refractivity (Wildman–Crippen MR) is 79.8 cm³/mol. The Bertz CT molecular complexity index is 592. The van der Waals surface area contributed by atoms with E-state index in [9.17, 15) is 14.0 Å². The molecule has 1 fully saturated rings. The average Bonchev–Trinajstić information content (AvgIpc) is 2.90. The number of aliphatic carboxylic acids is 1. The van der Waals surface area contributed by atoms with Crippen molar-refractivity contribution in [2.45, 2.75) is 31.9 Å². The van der Waals surface area contributed by atoms with E-state index in [-0.39, 0.29) is 30.8 Å². The van der Waals surface area contributed by atoms with Gasteiger partial charge in [-0.1, -0.05) is 6.07 Å². The van der Waals surface area contributed by atoms with Crippen molar-refractivity contribution in [2.24, 2.45) is 0 Å². The molecule has 2 rings (SSSR count). The average molecular weight is 325 g/mol. The molecule has 1 aliphatic heterocycles. The van der Waals surface area contributed by atoms with Gasteiger partial charge in [0.15, 0.2) is 18.2 Å². The number of carboxylic acid groups (broad SMARTS) is 1. The molecule has 6 nitrogen and oxygen atoms in total. The van der Waals surface area contributed by atoms with E-state index in [0.717, 1.165) is 5.56 Å². The van der Waals surface area contributed by atoms with Gasteiger partial charge in [0, 0.05) is 19.7 Å². The van der Waals surface area contributed by atoms with Gasteiger partial charge in [0.05, 0.1) is 12.5 Å². The first-order valence-corrected chi connectivity index (χ1v) is 7.33. The van der Waals surface area contributed by atoms with Crippen LogP contribution in [0.25, 0.3) is 0 Å². The number of methoxy groups -OCH3 is 1. The minimum Gasteiger partial charge on any atom is -0.481 e. The van der Waals surface area contributed by atoms with Crippen LogP contribution in [0.15, 0.2) is 18.2 Å². The highest BCUT2D eigenvalue weighted by Gasteiger charge is 2.36. The van der Waals surface area contributed by atoms with Crippen molar-refractivity contribution in [3.63, 3.8) is 0 Å². The number of likely N-dealkylation sites (tertiary alicyclic amines) is 1. The molecule has 0 radical (unpaired) electrons. The van der Waals surface area contributed by atoms with Crippen molar-refractivity contribution in [1.82, 2.24) is 4.90 Å². The summed E-state index contributed by atoms with van der Waals surface area (Å²) < 4.78 is 24.1. The second kappa shape index (κ2) is 7.41. The molecule has 0 spiro atoms. The lowest BCUT2D eigenvalue weighted by atomic mass is 10.1. The van der Waals surface area contributed by atoms with Crippen LogP contribution < -0.4 is 4.74 Å². The fourth-order valence-corrected chi connectivity index (χ4v) is 2.69. The molecular weight excluding hydrogens is 305 g/mol. The Balaban J connectivity index is 2.00. The number of aryl methyl sites for hydroxylation is 1. The summed E-state index contributed by atoms with van der Waals surface area (Å²) >= 11 is 0. The van der Waals surface area contributed by atoms with E-state index in [2.05, 4.69) is 0 Å². The van der Waals surface area contributed by atoms with Crippen LogP contribution in [-0.2, 0) is 14.3 Å². The number of hydrogen-bond donors (Lipinski definition) is 1. The molecule has 1 amide bonds. The number of hydrogen-bond acceptors (Lipinski definition) is 4. The topological polar surface area (TPSA) is 76.1 Å². The highest BCUT2D eigenvalue weighted by Crippen LogP contribution is 2.24. The number of benzene rings is 1. The van der Waals surface area contributed by atoms with Crippen molar-refractivity contribution in [2.75, 3.05) is 20.3 Å². The second-order valence-electron chi connectivity index (χ2n) is 5.61. The van der Waals surface area contributed by atoms with Crippen molar-refractivity contribution < 1.29 is 28.6 Å². The molecule has 1 aliphatic rings. The van der Waals surface area contributed by atoms with Gasteiger partial charge in [0.2, 0.25) is 0 Å². The molecule has 0 aromatic heterocycles. The van der Waals surface area contributed by atoms with Crippen LogP contribution >= 0.6 is 0 Å². The Kier molecular flexibility index (Phi) is 5.54. The zero-order valence-electron chi connectivity index (χ0n) is 13.1. The third kappa shape index (κ3) is 4.41. The van der Waals surface area contributed by atoms with Crippen molar-refractivity contribution in [3.8, 4) is 5.75 Å². The smallest absolute Gasteiger partial charge is 0.305 e. The van der Waals surface area contributed by atoms with Gasteiger partial charge in [-0.05, 0) is 31.0 Å². The Morgan fingerprint density at radius 2 is 2.17 bits per heavy atom. The number of nitrogens with zero attached hydrogens (tertiary/aromatic N) is 1. The van der Waals surface area contributed by atoms with Gasteiger partial charge >= 0.3 is 5.97 Å². The number of amides is 1. The molecule has 0 saturated carbocycles. The van der Waals surface area contributed by atoms with Crippen LogP contribution in [0.2, 0.25) is 0 Å². The first kappa shape index (κ1) is 17.2. The number of carbonyl (C=O) groups excluding carboxylic acids is 1. The summed E-state index contributed by atoms with van der Waals surface area (Å²) in [5, 5.41) is 8.95. The van der Waals surface area contributed by atoms with Gasteiger partial charge in [-0.2, -0.15) is 0 Å². The van der Waals surface area contributed by atoms with Crippen LogP contribution in [0.4, 0.5) is 4.39 Å². The van der Waals surface area contributed by atoms with Crippen LogP contribution in [0.1, 0.15) is 18.4 Å². The SMILES string of the molecule is CO[C@@H]1C[C@H](CC(=O)O)N(C(=O)COc2cc(C)ccc2F)C1. The standard InChI is InChI=1S/C16H20FNO5/c1-10-3-4-13(17)14(5-10)23-9-15(19)18-8-12(22-2)6-11(18)7-16(20)21/h3-5,11-12H,6-9H2,1-2H3,(H,20,21)/t11-,12-/m1/s1. The molecule has 1 N–H and O–H groups in total. The van der Waals surface area contributed by atoms with E-state index in [1.165, 1.54) is 24.1 Å². The lowest BCUT2D eigenvalue weighted by molar-refractivity contribution is -0.140. The molecule has 1 heterocycles. The fourth-order valence-electron chi connectivity index (χ4n) is 2.69. The molecule has 0 bridgehead atoms. The highest BCUT2D eigenvalue weighted by atomic mass is 19.1. The zero-order chi connectivity index (χ0) is 17.0. The maximum atomic E-state index is 13.6. The fraction of sp³-hybridized carbons (Fsp3) is 0.500. The van der Waals surface area contributed by atoms with Crippen LogP contribution in [0.3, 0.4) is 0 Å². The maximum absolute atomic E-state index is 13.6. The van der Waals surface area contributed by atoms with E-state index < -0.39 is 17.8 Å². The summed E-state index contributed by atoms with van der Waals surface area (Å²) in [6, 6.07) is 3.96. The molecule has 7 heteroatoms. The van der Waals surface area contributed by atoms with E-state index in [0.29, 0.717) is 13.0 Å². The summed E-state index contributed by atoms with van der Waals surface area (Å²) in [5.74, 6) is -1.88. The van der Waals surface area contributed by atoms with Crippen LogP contribution in [-0.4, -0.2) is 54.3 Å². The Labute approximate surface area is 133 Å². The molecule has 1 saturated heterocycles.